The maximum absolute atomic E-state index is 14.0. The van der Waals surface area contributed by atoms with Gasteiger partial charge in [-0.15, -0.1) is 0 Å². The molecule has 1 aromatic heterocycles. The van der Waals surface area contributed by atoms with Crippen molar-refractivity contribution in [3.8, 4) is 5.75 Å². The molecule has 4 atom stereocenters. The van der Waals surface area contributed by atoms with Crippen LogP contribution in [-0.4, -0.2) is 73.7 Å². The second-order valence-corrected chi connectivity index (χ2v) is 13.1. The first-order valence-corrected chi connectivity index (χ1v) is 16.4. The highest BCUT2D eigenvalue weighted by molar-refractivity contribution is 5.94. The number of carbonyl (C=O) groups is 1. The average molecular weight is 581 g/mol. The summed E-state index contributed by atoms with van der Waals surface area (Å²) in [6, 6.07) is 1.76. The Morgan fingerprint density at radius 2 is 1.98 bits per heavy atom. The van der Waals surface area contributed by atoms with Crippen LogP contribution in [0.3, 0.4) is 0 Å². The van der Waals surface area contributed by atoms with E-state index < -0.39 is 12.1 Å². The van der Waals surface area contributed by atoms with Crippen LogP contribution < -0.4 is 21.5 Å². The molecule has 9 nitrogen and oxygen atoms in total. The molecule has 9 heteroatoms. The number of nitrogens with two attached hydrogens (primary N) is 2. The van der Waals surface area contributed by atoms with Crippen molar-refractivity contribution in [2.24, 2.45) is 33.7 Å². The molecule has 2 aliphatic carbocycles. The number of ether oxygens (including phenoxy) is 2. The van der Waals surface area contributed by atoms with Crippen molar-refractivity contribution in [3.63, 3.8) is 0 Å². The van der Waals surface area contributed by atoms with E-state index in [1.165, 1.54) is 38.5 Å². The Morgan fingerprint density at radius 1 is 1.17 bits per heavy atom. The summed E-state index contributed by atoms with van der Waals surface area (Å²) in [6.45, 7) is 6.84. The number of morpholine rings is 1. The van der Waals surface area contributed by atoms with Crippen LogP contribution in [0.4, 0.5) is 5.69 Å². The number of allylic oxidation sites excluding steroid dienone is 2. The van der Waals surface area contributed by atoms with Crippen LogP contribution in [0.2, 0.25) is 0 Å². The smallest absolute Gasteiger partial charge is 0.232 e. The summed E-state index contributed by atoms with van der Waals surface area (Å²) in [7, 11) is 0. The number of rotatable bonds is 9. The van der Waals surface area contributed by atoms with Crippen LogP contribution in [-0.2, 0) is 9.53 Å². The molecule has 1 aromatic rings. The highest BCUT2D eigenvalue weighted by Crippen LogP contribution is 2.47. The number of nitrogens with one attached hydrogen (secondary N) is 1. The van der Waals surface area contributed by atoms with Gasteiger partial charge in [0.05, 0.1) is 37.5 Å². The van der Waals surface area contributed by atoms with Crippen LogP contribution in [0.1, 0.15) is 89.2 Å². The van der Waals surface area contributed by atoms with Crippen molar-refractivity contribution < 1.29 is 14.3 Å². The molecule has 4 aliphatic rings. The van der Waals surface area contributed by atoms with Gasteiger partial charge in [-0.25, -0.2) is 0 Å². The van der Waals surface area contributed by atoms with Crippen molar-refractivity contribution >= 4 is 17.8 Å². The number of aliphatic imine (C=N–C) groups is 1. The lowest BCUT2D eigenvalue weighted by Crippen LogP contribution is -2.51. The van der Waals surface area contributed by atoms with Crippen molar-refractivity contribution in [1.82, 2.24) is 9.88 Å². The third-order valence-corrected chi connectivity index (χ3v) is 9.95. The van der Waals surface area contributed by atoms with E-state index in [0.29, 0.717) is 29.9 Å². The van der Waals surface area contributed by atoms with E-state index in [1.807, 2.05) is 12.3 Å². The van der Waals surface area contributed by atoms with Gasteiger partial charge in [0.15, 0.2) is 0 Å². The predicted molar refractivity (Wildman–Crippen MR) is 168 cm³/mol. The monoisotopic (exact) mass is 580 g/mol. The zero-order valence-corrected chi connectivity index (χ0v) is 25.5. The first-order valence-electron chi connectivity index (χ1n) is 16.4. The molecular formula is C33H52N6O3. The standard InChI is InChI=1S/C33H52N6O3/c1-24-10-13-33(11-6-3-7-12-33)21-27(36-22-24)30(31(34)35)32(40)38-28-23-37-26(25-8-4-2-5-9-25)20-29(28)42-19-16-39-14-17-41-18-15-39/h2,4,20,22-25,27,30-31H,3,5-19,21,34-35H2,1H3,(H,38,40). The fourth-order valence-corrected chi connectivity index (χ4v) is 7.32. The maximum Gasteiger partial charge on any atom is 0.232 e. The lowest BCUT2D eigenvalue weighted by Gasteiger charge is -2.42. The Morgan fingerprint density at radius 3 is 2.71 bits per heavy atom. The van der Waals surface area contributed by atoms with Gasteiger partial charge in [-0.1, -0.05) is 38.3 Å². The third kappa shape index (κ3) is 8.18. The van der Waals surface area contributed by atoms with Crippen LogP contribution >= 0.6 is 0 Å². The highest BCUT2D eigenvalue weighted by atomic mass is 16.5. The van der Waals surface area contributed by atoms with Crippen LogP contribution in [0.5, 0.6) is 5.75 Å². The van der Waals surface area contributed by atoms with Crippen molar-refractivity contribution in [2.75, 3.05) is 44.8 Å². The van der Waals surface area contributed by atoms with Gasteiger partial charge in [0.1, 0.15) is 18.0 Å². The summed E-state index contributed by atoms with van der Waals surface area (Å²) in [5.41, 5.74) is 14.5. The molecule has 1 spiro atoms. The normalized spacial score (nSPS) is 27.4. The molecule has 0 radical (unpaired) electrons. The number of hydrogen-bond donors (Lipinski definition) is 3. The first kappa shape index (κ1) is 31.1. The van der Waals surface area contributed by atoms with Gasteiger partial charge in [-0.3, -0.25) is 19.7 Å². The number of nitrogens with zero attached hydrogens (tertiary/aromatic N) is 3. The molecule has 1 amide bonds. The number of carbonyl (C=O) groups excluding carboxylic acids is 1. The van der Waals surface area contributed by atoms with Gasteiger partial charge in [-0.2, -0.15) is 0 Å². The molecule has 42 heavy (non-hydrogen) atoms. The van der Waals surface area contributed by atoms with E-state index in [2.05, 4.69) is 29.3 Å². The third-order valence-electron chi connectivity index (χ3n) is 9.95. The topological polar surface area (TPSA) is 128 Å². The molecule has 2 fully saturated rings. The van der Waals surface area contributed by atoms with E-state index in [0.717, 1.165) is 70.6 Å². The molecular weight excluding hydrogens is 528 g/mol. The van der Waals surface area contributed by atoms with E-state index in [4.69, 9.17) is 30.9 Å². The summed E-state index contributed by atoms with van der Waals surface area (Å²) in [6.07, 6.45) is 19.8. The molecule has 1 saturated heterocycles. The minimum atomic E-state index is -0.825. The molecule has 0 bridgehead atoms. The molecule has 0 aromatic carbocycles. The van der Waals surface area contributed by atoms with E-state index in [9.17, 15) is 4.79 Å². The van der Waals surface area contributed by atoms with Crippen LogP contribution in [0.15, 0.2) is 29.4 Å². The Kier molecular flexibility index (Phi) is 11.0. The lowest BCUT2D eigenvalue weighted by molar-refractivity contribution is -0.121. The number of pyridine rings is 1. The molecule has 5 N–H and O–H groups in total. The summed E-state index contributed by atoms with van der Waals surface area (Å²) < 4.78 is 11.8. The predicted octanol–water partition coefficient (Wildman–Crippen LogP) is 4.62. The number of aromatic nitrogens is 1. The van der Waals surface area contributed by atoms with Crippen molar-refractivity contribution in [3.05, 3.63) is 30.1 Å². The maximum atomic E-state index is 14.0. The highest BCUT2D eigenvalue weighted by Gasteiger charge is 2.41. The molecule has 5 rings (SSSR count). The second kappa shape index (κ2) is 14.9. The van der Waals surface area contributed by atoms with Gasteiger partial charge >= 0.3 is 0 Å². The molecule has 1 saturated carbocycles. The number of anilines is 1. The van der Waals surface area contributed by atoms with Gasteiger partial charge < -0.3 is 26.3 Å². The lowest BCUT2D eigenvalue weighted by atomic mass is 9.65. The van der Waals surface area contributed by atoms with Gasteiger partial charge in [0.2, 0.25) is 5.91 Å². The number of hydrogen-bond acceptors (Lipinski definition) is 8. The fraction of sp³-hybridized carbons (Fsp3) is 0.727. The second-order valence-electron chi connectivity index (χ2n) is 13.1. The van der Waals surface area contributed by atoms with E-state index in [-0.39, 0.29) is 17.4 Å². The summed E-state index contributed by atoms with van der Waals surface area (Å²) in [4.78, 5) is 26.1. The van der Waals surface area contributed by atoms with Crippen LogP contribution in [0, 0.1) is 17.3 Å². The quantitative estimate of drug-likeness (QED) is 0.287. The minimum Gasteiger partial charge on any atom is -0.490 e. The first-order chi connectivity index (χ1) is 20.4. The molecule has 3 heterocycles. The van der Waals surface area contributed by atoms with Crippen molar-refractivity contribution in [1.29, 1.82) is 0 Å². The minimum absolute atomic E-state index is 0.209. The zero-order valence-electron chi connectivity index (χ0n) is 25.5. The SMILES string of the molecule is CC1C=NC(C(C(=O)Nc2cnc(C3CC=CCC3)cc2OCCN2CCOCC2)C(N)N)CC2(CCCCC2)CC1. The van der Waals surface area contributed by atoms with E-state index in [1.54, 1.807) is 6.20 Å². The molecule has 4 unspecified atom stereocenters. The average Bonchev–Trinajstić information content (AvgIpc) is 3.00. The van der Waals surface area contributed by atoms with Gasteiger partial charge in [-0.05, 0) is 62.7 Å². The largest absolute Gasteiger partial charge is 0.490 e. The Bertz CT molecular complexity index is 1080. The van der Waals surface area contributed by atoms with Gasteiger partial charge in [0, 0.05) is 43.5 Å². The van der Waals surface area contributed by atoms with E-state index >= 15 is 0 Å². The Balaban J connectivity index is 1.35. The summed E-state index contributed by atoms with van der Waals surface area (Å²) >= 11 is 0. The Hall–Kier alpha value is -2.33. The number of amides is 1. The summed E-state index contributed by atoms with van der Waals surface area (Å²) in [5, 5.41) is 3.14. The molecule has 232 valence electrons. The summed E-state index contributed by atoms with van der Waals surface area (Å²) in [5.74, 6) is 0.528. The van der Waals surface area contributed by atoms with Gasteiger partial charge in [0.25, 0.3) is 0 Å². The zero-order chi connectivity index (χ0) is 29.4. The fourth-order valence-electron chi connectivity index (χ4n) is 7.32. The van der Waals surface area contributed by atoms with Crippen LogP contribution in [0.25, 0.3) is 0 Å². The Labute approximate surface area is 251 Å². The van der Waals surface area contributed by atoms with Crippen molar-refractivity contribution in [2.45, 2.75) is 95.7 Å². The molecule has 2 aliphatic heterocycles.